The maximum absolute atomic E-state index is 12.5. The van der Waals surface area contributed by atoms with Crippen molar-refractivity contribution in [2.45, 2.75) is 20.3 Å². The van der Waals surface area contributed by atoms with E-state index >= 15 is 0 Å². The molecule has 24 heavy (non-hydrogen) atoms. The molecular weight excluding hydrogens is 304 g/mol. The molecule has 0 atom stereocenters. The minimum absolute atomic E-state index is 0.0626. The summed E-state index contributed by atoms with van der Waals surface area (Å²) in [5, 5.41) is 4.63. The number of hydrogen-bond donors (Lipinski definition) is 1. The van der Waals surface area contributed by atoms with Crippen molar-refractivity contribution in [3.05, 3.63) is 47.5 Å². The van der Waals surface area contributed by atoms with Crippen LogP contribution in [0.25, 0.3) is 10.8 Å². The molecule has 0 saturated heterocycles. The molecule has 1 N–H and O–H groups in total. The molecule has 5 heteroatoms. The van der Waals surface area contributed by atoms with E-state index in [0.29, 0.717) is 17.5 Å². The first-order valence-electron chi connectivity index (χ1n) is 8.13. The number of amides is 3. The van der Waals surface area contributed by atoms with Crippen LogP contribution in [-0.4, -0.2) is 35.7 Å². The standard InChI is InChI=1S/C19H20N2O3/c1-12(2)9-17(22)20-7-8-21-18(23)15-10-13-5-3-4-6-14(13)11-16(15)19(21)24/h3-6,10-12H,7-9H2,1-2H3,(H,20,22). The van der Waals surface area contributed by atoms with Gasteiger partial charge in [0.05, 0.1) is 11.1 Å². The van der Waals surface area contributed by atoms with Crippen molar-refractivity contribution >= 4 is 28.5 Å². The number of benzene rings is 2. The van der Waals surface area contributed by atoms with E-state index in [1.165, 1.54) is 4.90 Å². The Kier molecular flexibility index (Phi) is 4.34. The summed E-state index contributed by atoms with van der Waals surface area (Å²) in [5.41, 5.74) is 0.874. The first-order chi connectivity index (χ1) is 11.5. The van der Waals surface area contributed by atoms with Crippen LogP contribution in [0, 0.1) is 5.92 Å². The highest BCUT2D eigenvalue weighted by atomic mass is 16.2. The highest BCUT2D eigenvalue weighted by molar-refractivity contribution is 6.23. The highest BCUT2D eigenvalue weighted by Gasteiger charge is 2.35. The van der Waals surface area contributed by atoms with Crippen LogP contribution in [-0.2, 0) is 4.79 Å². The van der Waals surface area contributed by atoms with Crippen LogP contribution < -0.4 is 5.32 Å². The number of imide groups is 1. The van der Waals surface area contributed by atoms with E-state index in [2.05, 4.69) is 5.32 Å². The van der Waals surface area contributed by atoms with Crippen molar-refractivity contribution in [1.82, 2.24) is 10.2 Å². The Morgan fingerprint density at radius 3 is 2.08 bits per heavy atom. The predicted octanol–water partition coefficient (Wildman–Crippen LogP) is 2.60. The third-order valence-corrected chi connectivity index (χ3v) is 4.09. The summed E-state index contributed by atoms with van der Waals surface area (Å²) in [7, 11) is 0. The van der Waals surface area contributed by atoms with E-state index in [9.17, 15) is 14.4 Å². The lowest BCUT2D eigenvalue weighted by Crippen LogP contribution is -2.38. The van der Waals surface area contributed by atoms with Crippen molar-refractivity contribution in [3.63, 3.8) is 0 Å². The number of hydrogen-bond acceptors (Lipinski definition) is 3. The van der Waals surface area contributed by atoms with Crippen molar-refractivity contribution in [1.29, 1.82) is 0 Å². The Bertz CT molecular complexity index is 772. The van der Waals surface area contributed by atoms with E-state index in [1.54, 1.807) is 12.1 Å². The number of nitrogens with one attached hydrogen (secondary N) is 1. The molecule has 0 unspecified atom stereocenters. The maximum atomic E-state index is 12.5. The van der Waals surface area contributed by atoms with Crippen LogP contribution in [0.2, 0.25) is 0 Å². The summed E-state index contributed by atoms with van der Waals surface area (Å²) in [4.78, 5) is 37.9. The average Bonchev–Trinajstić information content (AvgIpc) is 2.77. The molecule has 0 bridgehead atoms. The molecule has 0 aliphatic carbocycles. The van der Waals surface area contributed by atoms with Crippen molar-refractivity contribution in [3.8, 4) is 0 Å². The zero-order valence-corrected chi connectivity index (χ0v) is 13.8. The molecule has 0 fully saturated rings. The van der Waals surface area contributed by atoms with Gasteiger partial charge in [0.15, 0.2) is 0 Å². The summed E-state index contributed by atoms with van der Waals surface area (Å²) in [6.45, 7) is 4.39. The van der Waals surface area contributed by atoms with Gasteiger partial charge in [-0.05, 0) is 28.8 Å². The zero-order valence-electron chi connectivity index (χ0n) is 13.8. The van der Waals surface area contributed by atoms with E-state index in [0.717, 1.165) is 10.8 Å². The molecule has 0 radical (unpaired) electrons. The molecule has 0 spiro atoms. The van der Waals surface area contributed by atoms with Gasteiger partial charge in [0.2, 0.25) is 5.91 Å². The fourth-order valence-corrected chi connectivity index (χ4v) is 2.93. The first kappa shape index (κ1) is 16.2. The van der Waals surface area contributed by atoms with Crippen LogP contribution in [0.5, 0.6) is 0 Å². The summed E-state index contributed by atoms with van der Waals surface area (Å²) in [6.07, 6.45) is 0.438. The Balaban J connectivity index is 1.73. The fourth-order valence-electron chi connectivity index (χ4n) is 2.93. The van der Waals surface area contributed by atoms with Gasteiger partial charge in [-0.3, -0.25) is 19.3 Å². The fraction of sp³-hybridized carbons (Fsp3) is 0.316. The Morgan fingerprint density at radius 1 is 1.04 bits per heavy atom. The molecule has 1 aliphatic heterocycles. The van der Waals surface area contributed by atoms with Gasteiger partial charge in [-0.1, -0.05) is 38.1 Å². The van der Waals surface area contributed by atoms with Crippen LogP contribution in [0.1, 0.15) is 41.0 Å². The van der Waals surface area contributed by atoms with Gasteiger partial charge >= 0.3 is 0 Å². The van der Waals surface area contributed by atoms with E-state index in [1.807, 2.05) is 38.1 Å². The molecule has 2 aromatic rings. The van der Waals surface area contributed by atoms with E-state index in [-0.39, 0.29) is 36.7 Å². The molecule has 3 amide bonds. The average molecular weight is 324 g/mol. The Morgan fingerprint density at radius 2 is 1.58 bits per heavy atom. The Labute approximate surface area is 140 Å². The van der Waals surface area contributed by atoms with Gasteiger partial charge in [0, 0.05) is 19.5 Å². The van der Waals surface area contributed by atoms with Crippen molar-refractivity contribution < 1.29 is 14.4 Å². The quantitative estimate of drug-likeness (QED) is 0.860. The van der Waals surface area contributed by atoms with Crippen LogP contribution >= 0.6 is 0 Å². The second-order valence-corrected chi connectivity index (χ2v) is 6.45. The molecule has 0 aromatic heterocycles. The summed E-state index contributed by atoms with van der Waals surface area (Å²) < 4.78 is 0. The summed E-state index contributed by atoms with van der Waals surface area (Å²) in [5.74, 6) is -0.373. The van der Waals surface area contributed by atoms with E-state index < -0.39 is 0 Å². The lowest BCUT2D eigenvalue weighted by molar-refractivity contribution is -0.121. The van der Waals surface area contributed by atoms with Gasteiger partial charge in [0.25, 0.3) is 11.8 Å². The minimum atomic E-state index is -0.293. The number of rotatable bonds is 5. The second kappa shape index (κ2) is 6.43. The molecule has 1 aliphatic rings. The maximum Gasteiger partial charge on any atom is 0.261 e. The van der Waals surface area contributed by atoms with Gasteiger partial charge in [-0.15, -0.1) is 0 Å². The highest BCUT2D eigenvalue weighted by Crippen LogP contribution is 2.27. The number of nitrogens with zero attached hydrogens (tertiary/aromatic N) is 1. The lowest BCUT2D eigenvalue weighted by atomic mass is 10.0. The Hall–Kier alpha value is -2.69. The molecule has 0 saturated carbocycles. The smallest absolute Gasteiger partial charge is 0.261 e. The predicted molar refractivity (Wildman–Crippen MR) is 91.8 cm³/mol. The third kappa shape index (κ3) is 3.02. The molecule has 124 valence electrons. The number of fused-ring (bicyclic) bond motifs is 2. The molecule has 3 rings (SSSR count). The van der Waals surface area contributed by atoms with Gasteiger partial charge in [0.1, 0.15) is 0 Å². The largest absolute Gasteiger partial charge is 0.354 e. The summed E-state index contributed by atoms with van der Waals surface area (Å²) >= 11 is 0. The normalized spacial score (nSPS) is 13.7. The topological polar surface area (TPSA) is 66.5 Å². The van der Waals surface area contributed by atoms with Gasteiger partial charge in [-0.2, -0.15) is 0 Å². The first-order valence-corrected chi connectivity index (χ1v) is 8.13. The zero-order chi connectivity index (χ0) is 17.3. The van der Waals surface area contributed by atoms with Crippen LogP contribution in [0.15, 0.2) is 36.4 Å². The number of carbonyl (C=O) groups excluding carboxylic acids is 3. The monoisotopic (exact) mass is 324 g/mol. The third-order valence-electron chi connectivity index (χ3n) is 4.09. The minimum Gasteiger partial charge on any atom is -0.354 e. The molecule has 5 nitrogen and oxygen atoms in total. The lowest BCUT2D eigenvalue weighted by Gasteiger charge is -2.14. The van der Waals surface area contributed by atoms with Crippen molar-refractivity contribution in [2.24, 2.45) is 5.92 Å². The van der Waals surface area contributed by atoms with Gasteiger partial charge < -0.3 is 5.32 Å². The number of carbonyl (C=O) groups is 3. The van der Waals surface area contributed by atoms with E-state index in [4.69, 9.17) is 0 Å². The van der Waals surface area contributed by atoms with Crippen LogP contribution in [0.3, 0.4) is 0 Å². The second-order valence-electron chi connectivity index (χ2n) is 6.45. The SMILES string of the molecule is CC(C)CC(=O)NCCN1C(=O)c2cc3ccccc3cc2C1=O. The molecular formula is C19H20N2O3. The molecule has 2 aromatic carbocycles. The van der Waals surface area contributed by atoms with Crippen LogP contribution in [0.4, 0.5) is 0 Å². The summed E-state index contributed by atoms with van der Waals surface area (Å²) in [6, 6.07) is 11.2. The van der Waals surface area contributed by atoms with Gasteiger partial charge in [-0.25, -0.2) is 0 Å². The molecule has 1 heterocycles. The van der Waals surface area contributed by atoms with Crippen molar-refractivity contribution in [2.75, 3.05) is 13.1 Å².